The van der Waals surface area contributed by atoms with Gasteiger partial charge in [-0.1, -0.05) is 99.2 Å². The summed E-state index contributed by atoms with van der Waals surface area (Å²) in [5.74, 6) is 0.0346. The van der Waals surface area contributed by atoms with E-state index in [1.807, 2.05) is 36.5 Å². The topological polar surface area (TPSA) is 32.7 Å². The van der Waals surface area contributed by atoms with Crippen LogP contribution in [0.4, 0.5) is 0 Å². The van der Waals surface area contributed by atoms with Crippen molar-refractivity contribution in [3.05, 3.63) is 101 Å². The van der Waals surface area contributed by atoms with E-state index in [9.17, 15) is 4.79 Å². The summed E-state index contributed by atoms with van der Waals surface area (Å²) in [7, 11) is 0. The minimum atomic E-state index is 0.0346. The molecule has 35 heavy (non-hydrogen) atoms. The minimum Gasteiger partial charge on any atom is -0.344 e. The second-order valence-electron chi connectivity index (χ2n) is 10.1. The van der Waals surface area contributed by atoms with Crippen LogP contribution < -0.4 is 0 Å². The number of ketones is 1. The van der Waals surface area contributed by atoms with E-state index in [0.29, 0.717) is 17.6 Å². The van der Waals surface area contributed by atoms with E-state index in [1.165, 1.54) is 75.5 Å². The normalized spacial score (nSPS) is 21.3. The fourth-order valence-corrected chi connectivity index (χ4v) is 5.58. The zero-order chi connectivity index (χ0) is 23.9. The van der Waals surface area contributed by atoms with Crippen LogP contribution >= 0.6 is 0 Å². The lowest BCUT2D eigenvalue weighted by Gasteiger charge is -2.38. The van der Waals surface area contributed by atoms with Crippen molar-refractivity contribution in [2.45, 2.75) is 76.3 Å². The quantitative estimate of drug-likeness (QED) is 0.248. The maximum absolute atomic E-state index is 13.2. The Morgan fingerprint density at radius 2 is 1.43 bits per heavy atom. The van der Waals surface area contributed by atoms with Gasteiger partial charge in [-0.25, -0.2) is 0 Å². The molecule has 1 aliphatic heterocycles. The van der Waals surface area contributed by atoms with Crippen LogP contribution in [0.5, 0.6) is 0 Å². The lowest BCUT2D eigenvalue weighted by molar-refractivity contribution is 0.104. The van der Waals surface area contributed by atoms with Gasteiger partial charge in [-0.3, -0.25) is 9.79 Å². The Hall–Kier alpha value is -3.20. The van der Waals surface area contributed by atoms with Crippen LogP contribution in [0.25, 0.3) is 5.70 Å². The van der Waals surface area contributed by atoms with Gasteiger partial charge in [0.05, 0.1) is 0 Å². The molecular formula is C32H36N2O. The van der Waals surface area contributed by atoms with Crippen LogP contribution in [0, 0.1) is 0 Å². The molecule has 0 radical (unpaired) electrons. The van der Waals surface area contributed by atoms with E-state index in [2.05, 4.69) is 47.5 Å². The zero-order valence-electron chi connectivity index (χ0n) is 20.6. The van der Waals surface area contributed by atoms with Crippen LogP contribution in [-0.4, -0.2) is 29.0 Å². The van der Waals surface area contributed by atoms with Crippen LogP contribution in [-0.2, 0) is 0 Å². The van der Waals surface area contributed by atoms with Crippen LogP contribution in [0.15, 0.2) is 95.2 Å². The Labute approximate surface area is 210 Å². The van der Waals surface area contributed by atoms with Gasteiger partial charge in [0.2, 0.25) is 0 Å². The summed E-state index contributed by atoms with van der Waals surface area (Å²) in [5, 5.41) is 0. The number of carbonyl (C=O) groups is 1. The molecule has 0 bridgehead atoms. The number of nitrogens with zero attached hydrogens (tertiary/aromatic N) is 2. The summed E-state index contributed by atoms with van der Waals surface area (Å²) < 4.78 is 0. The van der Waals surface area contributed by atoms with Gasteiger partial charge < -0.3 is 4.90 Å². The molecule has 2 saturated carbocycles. The van der Waals surface area contributed by atoms with Crippen LogP contribution in [0.2, 0.25) is 0 Å². The first kappa shape index (κ1) is 23.5. The van der Waals surface area contributed by atoms with Crippen molar-refractivity contribution in [2.75, 3.05) is 0 Å². The fourth-order valence-electron chi connectivity index (χ4n) is 5.58. The lowest BCUT2D eigenvalue weighted by Crippen LogP contribution is -2.33. The van der Waals surface area contributed by atoms with Crippen molar-refractivity contribution in [3.63, 3.8) is 0 Å². The molecule has 1 heterocycles. The van der Waals surface area contributed by atoms with Crippen molar-refractivity contribution in [1.82, 2.24) is 4.90 Å². The predicted molar refractivity (Wildman–Crippen MR) is 145 cm³/mol. The average molecular weight is 465 g/mol. The summed E-state index contributed by atoms with van der Waals surface area (Å²) in [4.78, 5) is 20.7. The molecule has 5 rings (SSSR count). The summed E-state index contributed by atoms with van der Waals surface area (Å²) in [6.45, 7) is 0. The largest absolute Gasteiger partial charge is 0.344 e. The standard InChI is InChI=1S/C32H36N2O/c35-32(26-15-7-2-8-16-26)22-27-21-31(25-13-5-1-6-14-25)34(30-19-11-4-12-20-30)24-28(27)23-33-29-17-9-3-10-18-29/h1-2,5-8,13-16,21-24,29-30H,3-4,9-12,17-20H2/b27-22+,33-23?. The molecule has 0 spiro atoms. The predicted octanol–water partition coefficient (Wildman–Crippen LogP) is 7.77. The molecule has 0 aromatic heterocycles. The zero-order valence-corrected chi connectivity index (χ0v) is 20.6. The highest BCUT2D eigenvalue weighted by molar-refractivity contribution is 6.07. The van der Waals surface area contributed by atoms with E-state index in [-0.39, 0.29) is 5.78 Å². The Morgan fingerprint density at radius 1 is 0.800 bits per heavy atom. The maximum atomic E-state index is 13.2. The van der Waals surface area contributed by atoms with Gasteiger partial charge >= 0.3 is 0 Å². The van der Waals surface area contributed by atoms with Crippen molar-refractivity contribution in [2.24, 2.45) is 4.99 Å². The van der Waals surface area contributed by atoms with E-state index in [0.717, 1.165) is 11.1 Å². The van der Waals surface area contributed by atoms with Crippen molar-refractivity contribution < 1.29 is 4.79 Å². The molecule has 2 aromatic rings. The SMILES string of the molecule is O=C(/C=C1\C=C(c2ccccc2)N(C2CCCCC2)C=C1C=NC1CCCCC1)c1ccccc1. The number of carbonyl (C=O) groups excluding carboxylic acids is 1. The van der Waals surface area contributed by atoms with E-state index in [1.54, 1.807) is 6.08 Å². The number of benzene rings is 2. The number of hydrogen-bond acceptors (Lipinski definition) is 3. The van der Waals surface area contributed by atoms with Crippen molar-refractivity contribution in [3.8, 4) is 0 Å². The number of aliphatic imine (C=N–C) groups is 1. The Balaban J connectivity index is 1.55. The van der Waals surface area contributed by atoms with Gasteiger partial charge in [-0.15, -0.1) is 0 Å². The smallest absolute Gasteiger partial charge is 0.186 e. The van der Waals surface area contributed by atoms with Crippen LogP contribution in [0.1, 0.15) is 80.1 Å². The number of hydrogen-bond donors (Lipinski definition) is 0. The number of allylic oxidation sites excluding steroid dienone is 4. The van der Waals surface area contributed by atoms with E-state index < -0.39 is 0 Å². The molecule has 2 aromatic carbocycles. The first-order valence-corrected chi connectivity index (χ1v) is 13.4. The van der Waals surface area contributed by atoms with Gasteiger partial charge in [0.25, 0.3) is 0 Å². The van der Waals surface area contributed by atoms with Gasteiger partial charge in [-0.05, 0) is 49.0 Å². The molecule has 0 amide bonds. The molecule has 0 unspecified atom stereocenters. The summed E-state index contributed by atoms with van der Waals surface area (Å²) in [5.41, 5.74) is 5.08. The Kier molecular flexibility index (Phi) is 7.72. The molecular weight excluding hydrogens is 428 g/mol. The van der Waals surface area contributed by atoms with Crippen molar-refractivity contribution in [1.29, 1.82) is 0 Å². The third-order valence-electron chi connectivity index (χ3n) is 7.56. The maximum Gasteiger partial charge on any atom is 0.186 e. The molecule has 3 aliphatic rings. The summed E-state index contributed by atoms with van der Waals surface area (Å²) in [6.07, 6.45) is 20.8. The molecule has 3 heteroatoms. The van der Waals surface area contributed by atoms with Gasteiger partial charge in [0.15, 0.2) is 5.78 Å². The third-order valence-corrected chi connectivity index (χ3v) is 7.56. The third kappa shape index (κ3) is 5.90. The molecule has 0 atom stereocenters. The highest BCUT2D eigenvalue weighted by atomic mass is 16.1. The van der Waals surface area contributed by atoms with Gasteiger partial charge in [-0.2, -0.15) is 0 Å². The lowest BCUT2D eigenvalue weighted by atomic mass is 9.90. The molecule has 2 aliphatic carbocycles. The first-order chi connectivity index (χ1) is 17.3. The van der Waals surface area contributed by atoms with E-state index in [4.69, 9.17) is 4.99 Å². The molecule has 2 fully saturated rings. The second kappa shape index (κ2) is 11.5. The minimum absolute atomic E-state index is 0.0346. The average Bonchev–Trinajstić information content (AvgIpc) is 2.94. The highest BCUT2D eigenvalue weighted by Crippen LogP contribution is 2.36. The monoisotopic (exact) mass is 464 g/mol. The summed E-state index contributed by atoms with van der Waals surface area (Å²) >= 11 is 0. The number of rotatable bonds is 6. The van der Waals surface area contributed by atoms with Gasteiger partial charge in [0.1, 0.15) is 0 Å². The first-order valence-electron chi connectivity index (χ1n) is 13.4. The highest BCUT2D eigenvalue weighted by Gasteiger charge is 2.27. The molecule has 180 valence electrons. The molecule has 0 N–H and O–H groups in total. The van der Waals surface area contributed by atoms with E-state index >= 15 is 0 Å². The summed E-state index contributed by atoms with van der Waals surface area (Å²) in [6, 6.07) is 21.0. The fraction of sp³-hybridized carbons (Fsp3) is 0.375. The van der Waals surface area contributed by atoms with Gasteiger partial charge in [0, 0.05) is 41.3 Å². The second-order valence-corrected chi connectivity index (χ2v) is 10.1. The Bertz CT molecular complexity index is 1110. The molecule has 3 nitrogen and oxygen atoms in total. The van der Waals surface area contributed by atoms with Crippen LogP contribution in [0.3, 0.4) is 0 Å². The molecule has 0 saturated heterocycles. The van der Waals surface area contributed by atoms with Crippen molar-refractivity contribution >= 4 is 17.7 Å². The Morgan fingerprint density at radius 3 is 2.11 bits per heavy atom.